The number of carbonyl (C=O) groups is 2. The van der Waals surface area contributed by atoms with Crippen LogP contribution in [-0.4, -0.2) is 29.8 Å². The molecule has 1 aliphatic heterocycles. The third kappa shape index (κ3) is 3.85. The van der Waals surface area contributed by atoms with Crippen molar-refractivity contribution in [2.24, 2.45) is 5.92 Å². The largest absolute Gasteiger partial charge is 0.335 e. The van der Waals surface area contributed by atoms with E-state index in [-0.39, 0.29) is 17.7 Å². The van der Waals surface area contributed by atoms with Crippen molar-refractivity contribution in [3.05, 3.63) is 55.1 Å². The van der Waals surface area contributed by atoms with Crippen LogP contribution in [-0.2, 0) is 16.0 Å². The molecule has 1 unspecified atom stereocenters. The summed E-state index contributed by atoms with van der Waals surface area (Å²) in [6, 6.07) is 7.80. The highest BCUT2D eigenvalue weighted by molar-refractivity contribution is 5.96. The number of para-hydroxylation sites is 1. The summed E-state index contributed by atoms with van der Waals surface area (Å²) in [6.45, 7) is 8.33. The van der Waals surface area contributed by atoms with Crippen LogP contribution in [0.1, 0.15) is 18.4 Å². The van der Waals surface area contributed by atoms with E-state index in [4.69, 9.17) is 0 Å². The van der Waals surface area contributed by atoms with Crippen LogP contribution < -0.4 is 5.32 Å². The van der Waals surface area contributed by atoms with Gasteiger partial charge in [0.05, 0.1) is 0 Å². The fourth-order valence-corrected chi connectivity index (χ4v) is 2.69. The van der Waals surface area contributed by atoms with Gasteiger partial charge >= 0.3 is 0 Å². The van der Waals surface area contributed by atoms with Gasteiger partial charge in [-0.2, -0.15) is 0 Å². The molecule has 0 radical (unpaired) electrons. The SMILES string of the molecule is C=CCN(CC=C)C(=O)CCC1Cc2ccccc2NC1=O. The van der Waals surface area contributed by atoms with Crippen LogP contribution in [0.25, 0.3) is 0 Å². The summed E-state index contributed by atoms with van der Waals surface area (Å²) in [5, 5.41) is 2.92. The maximum absolute atomic E-state index is 12.2. The van der Waals surface area contributed by atoms with E-state index in [1.165, 1.54) is 0 Å². The number of hydrogen-bond donors (Lipinski definition) is 1. The summed E-state index contributed by atoms with van der Waals surface area (Å²) >= 11 is 0. The first-order valence-electron chi connectivity index (χ1n) is 7.54. The topological polar surface area (TPSA) is 49.4 Å². The molecule has 1 aliphatic rings. The fraction of sp³-hybridized carbons (Fsp3) is 0.333. The highest BCUT2D eigenvalue weighted by Gasteiger charge is 2.26. The van der Waals surface area contributed by atoms with Crippen LogP contribution >= 0.6 is 0 Å². The zero-order valence-electron chi connectivity index (χ0n) is 12.8. The highest BCUT2D eigenvalue weighted by Crippen LogP contribution is 2.27. The van der Waals surface area contributed by atoms with E-state index in [1.54, 1.807) is 17.1 Å². The molecular formula is C18H22N2O2. The van der Waals surface area contributed by atoms with Crippen LogP contribution in [0.4, 0.5) is 5.69 Å². The van der Waals surface area contributed by atoms with Gasteiger partial charge in [0.1, 0.15) is 0 Å². The van der Waals surface area contributed by atoms with Gasteiger partial charge in [-0.25, -0.2) is 0 Å². The van der Waals surface area contributed by atoms with Crippen molar-refractivity contribution in [3.63, 3.8) is 0 Å². The lowest BCUT2D eigenvalue weighted by atomic mass is 9.89. The molecule has 1 atom stereocenters. The molecule has 1 heterocycles. The van der Waals surface area contributed by atoms with Crippen molar-refractivity contribution in [2.45, 2.75) is 19.3 Å². The van der Waals surface area contributed by atoms with Gasteiger partial charge in [-0.1, -0.05) is 30.4 Å². The van der Waals surface area contributed by atoms with Crippen molar-refractivity contribution in [3.8, 4) is 0 Å². The van der Waals surface area contributed by atoms with Crippen molar-refractivity contribution < 1.29 is 9.59 Å². The Bertz CT molecular complexity index is 570. The highest BCUT2D eigenvalue weighted by atomic mass is 16.2. The Kier molecular flexibility index (Phi) is 5.53. The molecule has 0 spiro atoms. The summed E-state index contributed by atoms with van der Waals surface area (Å²) in [5.41, 5.74) is 2.02. The number of benzene rings is 1. The van der Waals surface area contributed by atoms with Gasteiger partial charge in [0, 0.05) is 31.1 Å². The monoisotopic (exact) mass is 298 g/mol. The lowest BCUT2D eigenvalue weighted by molar-refractivity contribution is -0.130. The standard InChI is InChI=1S/C18H22N2O2/c1-3-11-20(12-4-2)17(21)10-9-15-13-14-7-5-6-8-16(14)19-18(15)22/h3-8,15H,1-2,9-13H2,(H,19,22). The van der Waals surface area contributed by atoms with Crippen molar-refractivity contribution in [1.29, 1.82) is 0 Å². The van der Waals surface area contributed by atoms with Gasteiger partial charge in [-0.3, -0.25) is 9.59 Å². The Morgan fingerprint density at radius 1 is 1.27 bits per heavy atom. The molecule has 4 nitrogen and oxygen atoms in total. The van der Waals surface area contributed by atoms with Crippen molar-refractivity contribution >= 4 is 17.5 Å². The van der Waals surface area contributed by atoms with Crippen LogP contribution in [0.15, 0.2) is 49.6 Å². The molecule has 2 amide bonds. The van der Waals surface area contributed by atoms with Crippen molar-refractivity contribution in [1.82, 2.24) is 4.90 Å². The van der Waals surface area contributed by atoms with E-state index in [9.17, 15) is 9.59 Å². The number of anilines is 1. The van der Waals surface area contributed by atoms with Gasteiger partial charge in [0.25, 0.3) is 0 Å². The second-order valence-electron chi connectivity index (χ2n) is 5.46. The molecule has 0 saturated carbocycles. The molecule has 2 rings (SSSR count). The Labute approximate surface area is 131 Å². The first-order chi connectivity index (χ1) is 10.7. The van der Waals surface area contributed by atoms with E-state index >= 15 is 0 Å². The van der Waals surface area contributed by atoms with Gasteiger partial charge in [-0.05, 0) is 24.5 Å². The summed E-state index contributed by atoms with van der Waals surface area (Å²) in [5.74, 6) is -0.106. The quantitative estimate of drug-likeness (QED) is 0.787. The van der Waals surface area contributed by atoms with Gasteiger partial charge in [0.15, 0.2) is 0 Å². The Hall–Kier alpha value is -2.36. The summed E-state index contributed by atoms with van der Waals surface area (Å²) in [6.07, 6.45) is 5.01. The molecule has 0 saturated heterocycles. The third-order valence-electron chi connectivity index (χ3n) is 3.87. The molecule has 0 aromatic heterocycles. The summed E-state index contributed by atoms with van der Waals surface area (Å²) in [7, 11) is 0. The molecule has 22 heavy (non-hydrogen) atoms. The van der Waals surface area contributed by atoms with Crippen LogP contribution in [0.5, 0.6) is 0 Å². The fourth-order valence-electron chi connectivity index (χ4n) is 2.69. The van der Waals surface area contributed by atoms with E-state index < -0.39 is 0 Å². The number of hydrogen-bond acceptors (Lipinski definition) is 2. The number of rotatable bonds is 7. The molecular weight excluding hydrogens is 276 g/mol. The molecule has 0 fully saturated rings. The summed E-state index contributed by atoms with van der Waals surface area (Å²) in [4.78, 5) is 26.0. The smallest absolute Gasteiger partial charge is 0.227 e. The predicted octanol–water partition coefficient (Wildman–Crippen LogP) is 2.78. The molecule has 0 aliphatic carbocycles. The minimum Gasteiger partial charge on any atom is -0.335 e. The minimum atomic E-state index is -0.145. The zero-order valence-corrected chi connectivity index (χ0v) is 12.8. The summed E-state index contributed by atoms with van der Waals surface area (Å²) < 4.78 is 0. The van der Waals surface area contributed by atoms with E-state index in [0.29, 0.717) is 32.4 Å². The number of amides is 2. The van der Waals surface area contributed by atoms with E-state index in [1.807, 2.05) is 24.3 Å². The maximum Gasteiger partial charge on any atom is 0.227 e. The lowest BCUT2D eigenvalue weighted by Gasteiger charge is -2.25. The first-order valence-corrected chi connectivity index (χ1v) is 7.54. The van der Waals surface area contributed by atoms with Gasteiger partial charge < -0.3 is 10.2 Å². The molecule has 1 N–H and O–H groups in total. The normalized spacial score (nSPS) is 16.4. The van der Waals surface area contributed by atoms with Gasteiger partial charge in [0.2, 0.25) is 11.8 Å². The van der Waals surface area contributed by atoms with Crippen LogP contribution in [0.3, 0.4) is 0 Å². The number of carbonyl (C=O) groups excluding carboxylic acids is 2. The molecule has 1 aromatic carbocycles. The maximum atomic E-state index is 12.2. The Morgan fingerprint density at radius 3 is 2.64 bits per heavy atom. The zero-order chi connectivity index (χ0) is 15.9. The minimum absolute atomic E-state index is 0.00508. The van der Waals surface area contributed by atoms with Crippen LogP contribution in [0, 0.1) is 5.92 Å². The molecule has 1 aromatic rings. The molecule has 0 bridgehead atoms. The lowest BCUT2D eigenvalue weighted by Crippen LogP contribution is -2.34. The predicted molar refractivity (Wildman–Crippen MR) is 88.5 cm³/mol. The van der Waals surface area contributed by atoms with E-state index in [2.05, 4.69) is 18.5 Å². The average Bonchev–Trinajstić information content (AvgIpc) is 2.52. The van der Waals surface area contributed by atoms with Gasteiger partial charge in [-0.15, -0.1) is 13.2 Å². The molecule has 116 valence electrons. The number of nitrogens with zero attached hydrogens (tertiary/aromatic N) is 1. The average molecular weight is 298 g/mol. The second-order valence-corrected chi connectivity index (χ2v) is 5.46. The first kappa shape index (κ1) is 16.0. The third-order valence-corrected chi connectivity index (χ3v) is 3.87. The van der Waals surface area contributed by atoms with Crippen molar-refractivity contribution in [2.75, 3.05) is 18.4 Å². The molecule has 4 heteroatoms. The second kappa shape index (κ2) is 7.59. The van der Waals surface area contributed by atoms with Crippen LogP contribution in [0.2, 0.25) is 0 Å². The number of fused-ring (bicyclic) bond motifs is 1. The Balaban J connectivity index is 1.94. The van der Waals surface area contributed by atoms with E-state index in [0.717, 1.165) is 11.3 Å². The Morgan fingerprint density at radius 2 is 1.95 bits per heavy atom. The number of nitrogens with one attached hydrogen (secondary N) is 1.